The topological polar surface area (TPSA) is 72.7 Å². The van der Waals surface area contributed by atoms with Crippen LogP contribution in [0.1, 0.15) is 38.3 Å². The van der Waals surface area contributed by atoms with Gasteiger partial charge in [-0.1, -0.05) is 26.2 Å². The summed E-state index contributed by atoms with van der Waals surface area (Å²) in [6.07, 6.45) is 6.97. The van der Waals surface area contributed by atoms with Gasteiger partial charge in [-0.3, -0.25) is 0 Å². The summed E-state index contributed by atoms with van der Waals surface area (Å²) in [6.45, 7) is 1.96. The van der Waals surface area contributed by atoms with Crippen LogP contribution >= 0.6 is 0 Å². The highest BCUT2D eigenvalue weighted by molar-refractivity contribution is 5.24. The van der Waals surface area contributed by atoms with Crippen LogP contribution < -0.4 is 0 Å². The van der Waals surface area contributed by atoms with Crippen molar-refractivity contribution < 1.29 is 5.11 Å². The number of aliphatic hydroxyl groups excluding tert-OH is 1. The van der Waals surface area contributed by atoms with Crippen molar-refractivity contribution in [2.45, 2.75) is 38.0 Å². The van der Waals surface area contributed by atoms with E-state index in [1.807, 2.05) is 0 Å². The first kappa shape index (κ1) is 11.7. The van der Waals surface area contributed by atoms with Crippen molar-refractivity contribution in [2.75, 3.05) is 6.61 Å². The molecular weight excluding hydrogens is 190 g/mol. The van der Waals surface area contributed by atoms with Gasteiger partial charge in [-0.2, -0.15) is 5.26 Å². The van der Waals surface area contributed by atoms with Gasteiger partial charge in [-0.25, -0.2) is 4.98 Å². The van der Waals surface area contributed by atoms with Gasteiger partial charge in [0.2, 0.25) is 0 Å². The van der Waals surface area contributed by atoms with E-state index in [-0.39, 0.29) is 6.61 Å². The molecule has 15 heavy (non-hydrogen) atoms. The van der Waals surface area contributed by atoms with Gasteiger partial charge < -0.3 is 10.1 Å². The quantitative estimate of drug-likeness (QED) is 0.698. The molecule has 0 spiro atoms. The Morgan fingerprint density at radius 1 is 1.60 bits per heavy atom. The normalized spacial score (nSPS) is 14.5. The molecule has 4 nitrogen and oxygen atoms in total. The second kappa shape index (κ2) is 5.52. The van der Waals surface area contributed by atoms with Crippen molar-refractivity contribution in [3.05, 3.63) is 18.2 Å². The maximum absolute atomic E-state index is 9.38. The Morgan fingerprint density at radius 3 is 2.87 bits per heavy atom. The smallest absolute Gasteiger partial charge is 0.122 e. The second-order valence-corrected chi connectivity index (χ2v) is 3.77. The lowest BCUT2D eigenvalue weighted by molar-refractivity contribution is 0.215. The molecule has 0 fully saturated rings. The zero-order chi connectivity index (χ0) is 11.1. The van der Waals surface area contributed by atoms with Crippen LogP contribution in [0.25, 0.3) is 0 Å². The molecule has 0 aromatic carbocycles. The first-order chi connectivity index (χ1) is 7.29. The average Bonchev–Trinajstić information content (AvgIpc) is 2.79. The van der Waals surface area contributed by atoms with Gasteiger partial charge in [-0.05, 0) is 6.42 Å². The molecule has 0 radical (unpaired) electrons. The van der Waals surface area contributed by atoms with E-state index in [9.17, 15) is 10.4 Å². The summed E-state index contributed by atoms with van der Waals surface area (Å²) < 4.78 is 0. The molecule has 0 saturated heterocycles. The fourth-order valence-electron chi connectivity index (χ4n) is 1.64. The zero-order valence-electron chi connectivity index (χ0n) is 9.03. The molecule has 0 aliphatic carbocycles. The van der Waals surface area contributed by atoms with E-state index in [0.717, 1.165) is 19.3 Å². The Labute approximate surface area is 90.0 Å². The van der Waals surface area contributed by atoms with Crippen LogP contribution in [0.2, 0.25) is 0 Å². The number of nitrogens with zero attached hydrogens (tertiary/aromatic N) is 2. The second-order valence-electron chi connectivity index (χ2n) is 3.77. The summed E-state index contributed by atoms with van der Waals surface area (Å²) in [6, 6.07) is 2.21. The molecule has 1 atom stereocenters. The molecular formula is C11H17N3O. The van der Waals surface area contributed by atoms with Crippen LogP contribution in [0.5, 0.6) is 0 Å². The Balaban J connectivity index is 2.75. The van der Waals surface area contributed by atoms with Crippen molar-refractivity contribution in [3.63, 3.8) is 0 Å². The Bertz CT molecular complexity index is 315. The fourth-order valence-corrected chi connectivity index (χ4v) is 1.64. The number of hydrogen-bond acceptors (Lipinski definition) is 3. The van der Waals surface area contributed by atoms with Gasteiger partial charge in [0.05, 0.1) is 24.7 Å². The monoisotopic (exact) mass is 207 g/mol. The molecule has 1 heterocycles. The molecule has 0 saturated carbocycles. The van der Waals surface area contributed by atoms with Gasteiger partial charge in [0.25, 0.3) is 0 Å². The van der Waals surface area contributed by atoms with E-state index < -0.39 is 5.41 Å². The number of imidazole rings is 1. The van der Waals surface area contributed by atoms with Gasteiger partial charge in [0, 0.05) is 6.20 Å². The predicted octanol–water partition coefficient (Wildman–Crippen LogP) is 1.74. The van der Waals surface area contributed by atoms with Crippen LogP contribution in [0.15, 0.2) is 12.5 Å². The number of nitrogens with one attached hydrogen (secondary N) is 1. The first-order valence-electron chi connectivity index (χ1n) is 5.30. The predicted molar refractivity (Wildman–Crippen MR) is 57.1 cm³/mol. The summed E-state index contributed by atoms with van der Waals surface area (Å²) in [5, 5.41) is 18.6. The van der Waals surface area contributed by atoms with Gasteiger partial charge in [0.1, 0.15) is 5.41 Å². The lowest BCUT2D eigenvalue weighted by Crippen LogP contribution is -2.29. The van der Waals surface area contributed by atoms with Crippen LogP contribution in [0, 0.1) is 11.3 Å². The summed E-state index contributed by atoms with van der Waals surface area (Å²) in [5.41, 5.74) is -0.0883. The highest BCUT2D eigenvalue weighted by Crippen LogP contribution is 2.27. The molecule has 1 aromatic rings. The highest BCUT2D eigenvalue weighted by Gasteiger charge is 2.32. The lowest BCUT2D eigenvalue weighted by atomic mass is 9.82. The van der Waals surface area contributed by atoms with Crippen LogP contribution in [0.3, 0.4) is 0 Å². The molecule has 0 amide bonds. The molecule has 4 heteroatoms. The number of rotatable bonds is 6. The van der Waals surface area contributed by atoms with Gasteiger partial charge >= 0.3 is 0 Å². The third-order valence-corrected chi connectivity index (χ3v) is 2.70. The summed E-state index contributed by atoms with van der Waals surface area (Å²) >= 11 is 0. The van der Waals surface area contributed by atoms with Crippen molar-refractivity contribution in [1.82, 2.24) is 9.97 Å². The maximum atomic E-state index is 9.38. The van der Waals surface area contributed by atoms with Crippen molar-refractivity contribution in [1.29, 1.82) is 5.26 Å². The van der Waals surface area contributed by atoms with E-state index in [1.165, 1.54) is 6.33 Å². The molecule has 2 N–H and O–H groups in total. The van der Waals surface area contributed by atoms with Crippen LogP contribution in [0.4, 0.5) is 0 Å². The Morgan fingerprint density at radius 2 is 2.40 bits per heavy atom. The number of aliphatic hydroxyl groups is 1. The number of aromatic amines is 1. The zero-order valence-corrected chi connectivity index (χ0v) is 9.03. The minimum atomic E-state index is -0.800. The van der Waals surface area contributed by atoms with E-state index in [1.54, 1.807) is 6.20 Å². The largest absolute Gasteiger partial charge is 0.394 e. The SMILES string of the molecule is CCCCCC(C#N)(CO)c1cnc[nH]1. The number of unbranched alkanes of at least 4 members (excludes halogenated alkanes) is 2. The van der Waals surface area contributed by atoms with Crippen molar-refractivity contribution >= 4 is 0 Å². The van der Waals surface area contributed by atoms with E-state index >= 15 is 0 Å². The molecule has 0 aliphatic heterocycles. The fraction of sp³-hybridized carbons (Fsp3) is 0.636. The molecule has 0 aliphatic rings. The molecule has 1 unspecified atom stereocenters. The Kier molecular flexibility index (Phi) is 4.32. The number of nitriles is 1. The van der Waals surface area contributed by atoms with Crippen molar-refractivity contribution in [2.24, 2.45) is 0 Å². The third-order valence-electron chi connectivity index (χ3n) is 2.70. The number of H-pyrrole nitrogens is 1. The lowest BCUT2D eigenvalue weighted by Gasteiger charge is -2.22. The van der Waals surface area contributed by atoms with Gasteiger partial charge in [0.15, 0.2) is 0 Å². The Hall–Kier alpha value is -1.34. The summed E-state index contributed by atoms with van der Waals surface area (Å²) in [4.78, 5) is 6.81. The molecule has 82 valence electrons. The number of aromatic nitrogens is 2. The first-order valence-corrected chi connectivity index (χ1v) is 5.30. The minimum absolute atomic E-state index is 0.157. The third kappa shape index (κ3) is 2.57. The van der Waals surface area contributed by atoms with E-state index in [2.05, 4.69) is 23.0 Å². The van der Waals surface area contributed by atoms with Crippen LogP contribution in [-0.2, 0) is 5.41 Å². The highest BCUT2D eigenvalue weighted by atomic mass is 16.3. The summed E-state index contributed by atoms with van der Waals surface area (Å²) in [5.74, 6) is 0. The average molecular weight is 207 g/mol. The van der Waals surface area contributed by atoms with Crippen molar-refractivity contribution in [3.8, 4) is 6.07 Å². The molecule has 1 aromatic heterocycles. The van der Waals surface area contributed by atoms with E-state index in [4.69, 9.17) is 0 Å². The molecule has 1 rings (SSSR count). The molecule has 0 bridgehead atoms. The van der Waals surface area contributed by atoms with E-state index in [0.29, 0.717) is 12.1 Å². The van der Waals surface area contributed by atoms with Crippen LogP contribution in [-0.4, -0.2) is 21.7 Å². The van der Waals surface area contributed by atoms with Gasteiger partial charge in [-0.15, -0.1) is 0 Å². The minimum Gasteiger partial charge on any atom is -0.394 e. The standard InChI is InChI=1S/C11H17N3O/c1-2-3-4-5-11(7-12,8-15)10-6-13-9-14-10/h6,9,15H,2-5,8H2,1H3,(H,13,14). The summed E-state index contributed by atoms with van der Waals surface area (Å²) in [7, 11) is 0. The maximum Gasteiger partial charge on any atom is 0.122 e. The number of hydrogen-bond donors (Lipinski definition) is 2.